The van der Waals surface area contributed by atoms with Gasteiger partial charge in [-0.05, 0) is 49.1 Å². The zero-order chi connectivity index (χ0) is 11.6. The Labute approximate surface area is 98.3 Å². The van der Waals surface area contributed by atoms with Crippen LogP contribution in [0.25, 0.3) is 0 Å². The van der Waals surface area contributed by atoms with Crippen LogP contribution in [0.4, 0.5) is 0 Å². The van der Waals surface area contributed by atoms with Crippen molar-refractivity contribution in [2.45, 2.75) is 45.1 Å². The molecule has 2 heteroatoms. The molecule has 1 heterocycles. The molecule has 1 aromatic heterocycles. The second kappa shape index (κ2) is 4.54. The van der Waals surface area contributed by atoms with Gasteiger partial charge in [0.25, 0.3) is 0 Å². The van der Waals surface area contributed by atoms with Gasteiger partial charge in [-0.2, -0.15) is 0 Å². The molecule has 2 nitrogen and oxygen atoms in total. The van der Waals surface area contributed by atoms with Crippen LogP contribution in [0.15, 0.2) is 24.5 Å². The highest BCUT2D eigenvalue weighted by Crippen LogP contribution is 2.36. The third kappa shape index (κ3) is 2.82. The maximum atomic E-state index is 6.54. The summed E-state index contributed by atoms with van der Waals surface area (Å²) in [5.74, 6) is 1.51. The average molecular weight is 218 g/mol. The maximum Gasteiger partial charge on any atom is 0.0300 e. The van der Waals surface area contributed by atoms with Crippen LogP contribution in [0.5, 0.6) is 0 Å². The fourth-order valence-corrected chi connectivity index (χ4v) is 3.38. The van der Waals surface area contributed by atoms with Gasteiger partial charge in [-0.3, -0.25) is 4.98 Å². The van der Waals surface area contributed by atoms with E-state index in [-0.39, 0.29) is 5.54 Å². The van der Waals surface area contributed by atoms with E-state index < -0.39 is 0 Å². The summed E-state index contributed by atoms with van der Waals surface area (Å²) in [6.07, 6.45) is 8.34. The molecule has 16 heavy (non-hydrogen) atoms. The average Bonchev–Trinajstić information content (AvgIpc) is 2.15. The van der Waals surface area contributed by atoms with Crippen LogP contribution in [0, 0.1) is 11.8 Å². The highest BCUT2D eigenvalue weighted by atomic mass is 14.8. The van der Waals surface area contributed by atoms with Gasteiger partial charge in [-0.25, -0.2) is 0 Å². The standard InChI is InChI=1S/C14H22N2/c1-11-6-12(2)8-14(15,7-11)9-13-4-3-5-16-10-13/h3-5,10-12H,6-9,15H2,1-2H3. The molecule has 88 valence electrons. The molecule has 1 saturated carbocycles. The summed E-state index contributed by atoms with van der Waals surface area (Å²) in [6, 6.07) is 4.12. The lowest BCUT2D eigenvalue weighted by atomic mass is 9.70. The number of aromatic nitrogens is 1. The van der Waals surface area contributed by atoms with Crippen molar-refractivity contribution in [1.29, 1.82) is 0 Å². The van der Waals surface area contributed by atoms with E-state index in [0.717, 1.165) is 31.1 Å². The van der Waals surface area contributed by atoms with Crippen molar-refractivity contribution in [2.75, 3.05) is 0 Å². The number of hydrogen-bond donors (Lipinski definition) is 1. The minimum Gasteiger partial charge on any atom is -0.325 e. The minimum atomic E-state index is -0.0138. The van der Waals surface area contributed by atoms with Gasteiger partial charge in [0, 0.05) is 17.9 Å². The first kappa shape index (κ1) is 11.6. The fourth-order valence-electron chi connectivity index (χ4n) is 3.38. The smallest absolute Gasteiger partial charge is 0.0300 e. The van der Waals surface area contributed by atoms with E-state index in [4.69, 9.17) is 5.73 Å². The Morgan fingerprint density at radius 1 is 1.38 bits per heavy atom. The molecule has 0 radical (unpaired) electrons. The van der Waals surface area contributed by atoms with Gasteiger partial charge in [-0.15, -0.1) is 0 Å². The van der Waals surface area contributed by atoms with Crippen molar-refractivity contribution in [2.24, 2.45) is 17.6 Å². The lowest BCUT2D eigenvalue weighted by Crippen LogP contribution is -2.48. The minimum absolute atomic E-state index is 0.0138. The lowest BCUT2D eigenvalue weighted by Gasteiger charge is -2.40. The number of nitrogens with two attached hydrogens (primary N) is 1. The molecular weight excluding hydrogens is 196 g/mol. The SMILES string of the molecule is CC1CC(C)CC(N)(Cc2cccnc2)C1. The maximum absolute atomic E-state index is 6.54. The number of nitrogens with zero attached hydrogens (tertiary/aromatic N) is 1. The highest BCUT2D eigenvalue weighted by molar-refractivity contribution is 5.13. The third-order valence-corrected chi connectivity index (χ3v) is 3.59. The van der Waals surface area contributed by atoms with E-state index in [1.165, 1.54) is 12.0 Å². The molecule has 1 aliphatic rings. The summed E-state index contributed by atoms with van der Waals surface area (Å²) in [4.78, 5) is 4.16. The van der Waals surface area contributed by atoms with Crippen LogP contribution >= 0.6 is 0 Å². The number of hydrogen-bond acceptors (Lipinski definition) is 2. The van der Waals surface area contributed by atoms with Crippen molar-refractivity contribution in [3.63, 3.8) is 0 Å². The Morgan fingerprint density at radius 2 is 2.06 bits per heavy atom. The second-order valence-corrected chi connectivity index (χ2v) is 5.75. The molecule has 0 aliphatic heterocycles. The van der Waals surface area contributed by atoms with Crippen LogP contribution in [0.3, 0.4) is 0 Å². The summed E-state index contributed by atoms with van der Waals surface area (Å²) in [7, 11) is 0. The topological polar surface area (TPSA) is 38.9 Å². The zero-order valence-corrected chi connectivity index (χ0v) is 10.3. The monoisotopic (exact) mass is 218 g/mol. The van der Waals surface area contributed by atoms with Crippen LogP contribution in [0.2, 0.25) is 0 Å². The van der Waals surface area contributed by atoms with Gasteiger partial charge in [0.2, 0.25) is 0 Å². The van der Waals surface area contributed by atoms with Gasteiger partial charge >= 0.3 is 0 Å². The number of rotatable bonds is 2. The van der Waals surface area contributed by atoms with Crippen LogP contribution < -0.4 is 5.73 Å². The van der Waals surface area contributed by atoms with Crippen molar-refractivity contribution in [3.8, 4) is 0 Å². The quantitative estimate of drug-likeness (QED) is 0.829. The molecule has 2 atom stereocenters. The summed E-state index contributed by atoms with van der Waals surface area (Å²) >= 11 is 0. The molecule has 1 aromatic rings. The predicted octanol–water partition coefficient (Wildman–Crippen LogP) is 2.78. The van der Waals surface area contributed by atoms with Gasteiger partial charge in [0.05, 0.1) is 0 Å². The zero-order valence-electron chi connectivity index (χ0n) is 10.3. The Balaban J connectivity index is 2.07. The van der Waals surface area contributed by atoms with Crippen molar-refractivity contribution >= 4 is 0 Å². The first-order chi connectivity index (χ1) is 7.57. The predicted molar refractivity (Wildman–Crippen MR) is 67.0 cm³/mol. The van der Waals surface area contributed by atoms with E-state index in [1.54, 1.807) is 0 Å². The summed E-state index contributed by atoms with van der Waals surface area (Å²) in [5, 5.41) is 0. The van der Waals surface area contributed by atoms with Gasteiger partial charge in [0.15, 0.2) is 0 Å². The van der Waals surface area contributed by atoms with Crippen LogP contribution in [-0.4, -0.2) is 10.5 Å². The molecule has 2 unspecified atom stereocenters. The first-order valence-electron chi connectivity index (χ1n) is 6.25. The molecule has 1 fully saturated rings. The molecule has 2 rings (SSSR count). The van der Waals surface area contributed by atoms with E-state index >= 15 is 0 Å². The normalized spacial score (nSPS) is 34.9. The molecule has 1 aliphatic carbocycles. The van der Waals surface area contributed by atoms with Gasteiger partial charge in [-0.1, -0.05) is 19.9 Å². The second-order valence-electron chi connectivity index (χ2n) is 5.75. The Bertz CT molecular complexity index is 324. The van der Waals surface area contributed by atoms with Crippen LogP contribution in [-0.2, 0) is 6.42 Å². The summed E-state index contributed by atoms with van der Waals surface area (Å²) < 4.78 is 0. The van der Waals surface area contributed by atoms with Gasteiger partial charge in [0.1, 0.15) is 0 Å². The Morgan fingerprint density at radius 3 is 2.62 bits per heavy atom. The van der Waals surface area contributed by atoms with Crippen LogP contribution in [0.1, 0.15) is 38.7 Å². The molecule has 0 amide bonds. The molecule has 0 spiro atoms. The summed E-state index contributed by atoms with van der Waals surface area (Å²) in [5.41, 5.74) is 7.80. The van der Waals surface area contributed by atoms with Crippen molar-refractivity contribution < 1.29 is 0 Å². The fraction of sp³-hybridized carbons (Fsp3) is 0.643. The van der Waals surface area contributed by atoms with Gasteiger partial charge < -0.3 is 5.73 Å². The van der Waals surface area contributed by atoms with E-state index in [0.29, 0.717) is 0 Å². The summed E-state index contributed by atoms with van der Waals surface area (Å²) in [6.45, 7) is 4.64. The Hall–Kier alpha value is -0.890. The van der Waals surface area contributed by atoms with E-state index in [1.807, 2.05) is 18.5 Å². The Kier molecular flexibility index (Phi) is 3.29. The van der Waals surface area contributed by atoms with Crippen molar-refractivity contribution in [3.05, 3.63) is 30.1 Å². The molecule has 0 saturated heterocycles. The molecular formula is C14H22N2. The molecule has 0 aromatic carbocycles. The molecule has 2 N–H and O–H groups in total. The third-order valence-electron chi connectivity index (χ3n) is 3.59. The molecule has 0 bridgehead atoms. The first-order valence-corrected chi connectivity index (χ1v) is 6.25. The van der Waals surface area contributed by atoms with Crippen molar-refractivity contribution in [1.82, 2.24) is 4.98 Å². The van der Waals surface area contributed by atoms with E-state index in [2.05, 4.69) is 24.9 Å². The number of pyridine rings is 1. The van der Waals surface area contributed by atoms with E-state index in [9.17, 15) is 0 Å². The highest BCUT2D eigenvalue weighted by Gasteiger charge is 2.34. The largest absolute Gasteiger partial charge is 0.325 e. The lowest BCUT2D eigenvalue weighted by molar-refractivity contribution is 0.182.